The minimum Gasteiger partial charge on any atom is -0.481 e. The first kappa shape index (κ1) is 44.3. The number of esters is 3. The van der Waals surface area contributed by atoms with Gasteiger partial charge in [0, 0.05) is 42.6 Å². The molecule has 3 aliphatic carbocycles. The highest BCUT2D eigenvalue weighted by Gasteiger charge is 2.72. The molecule has 1 amide bonds. The van der Waals surface area contributed by atoms with Crippen LogP contribution in [0.1, 0.15) is 85.3 Å². The van der Waals surface area contributed by atoms with E-state index in [0.29, 0.717) is 5.56 Å². The molecule has 15 heteroatoms. The van der Waals surface area contributed by atoms with Crippen LogP contribution >= 0.6 is 0 Å². The molecule has 15 nitrogen and oxygen atoms in total. The Morgan fingerprint density at radius 2 is 1.53 bits per heavy atom. The third-order valence-corrected chi connectivity index (χ3v) is 13.7. The molecule has 11 atom stereocenters. The Balaban J connectivity index is 1.35. The van der Waals surface area contributed by atoms with E-state index in [1.165, 1.54) is 32.0 Å². The molecule has 0 spiro atoms. The van der Waals surface area contributed by atoms with E-state index >= 15 is 4.79 Å². The van der Waals surface area contributed by atoms with Crippen LogP contribution in [0.15, 0.2) is 96.1 Å². The number of carboxylic acid groups (broad SMARTS) is 1. The Kier molecular flexibility index (Phi) is 12.0. The average Bonchev–Trinajstić information content (AvgIpc) is 3.22. The van der Waals surface area contributed by atoms with Gasteiger partial charge in [-0.3, -0.25) is 19.2 Å². The number of hydrogen-bond donors (Lipinski definition) is 5. The predicted molar refractivity (Wildman–Crippen MR) is 218 cm³/mol. The van der Waals surface area contributed by atoms with Crippen LogP contribution in [0.2, 0.25) is 0 Å². The Morgan fingerprint density at radius 3 is 2.15 bits per heavy atom. The largest absolute Gasteiger partial charge is 0.481 e. The van der Waals surface area contributed by atoms with Crippen LogP contribution in [0.25, 0.3) is 0 Å². The lowest BCUT2D eigenvalue weighted by Gasteiger charge is -2.64. The number of amides is 1. The van der Waals surface area contributed by atoms with Crippen LogP contribution in [0, 0.1) is 22.7 Å². The fourth-order valence-electron chi connectivity index (χ4n) is 10.2. The highest BCUT2D eigenvalue weighted by Crippen LogP contribution is 2.62. The number of fused-ring (bicyclic) bond motifs is 5. The number of rotatable bonds is 11. The number of ketones is 1. The van der Waals surface area contributed by atoms with Crippen LogP contribution in [0.5, 0.6) is 0 Å². The third-order valence-electron chi connectivity index (χ3n) is 13.7. The second-order valence-electron chi connectivity index (χ2n) is 17.5. The lowest BCUT2D eigenvalue weighted by atomic mass is 9.46. The molecule has 1 aliphatic heterocycles. The van der Waals surface area contributed by atoms with Gasteiger partial charge in [-0.1, -0.05) is 80.6 Å². The lowest BCUT2D eigenvalue weighted by Crippen LogP contribution is -2.75. The van der Waals surface area contributed by atoms with Gasteiger partial charge in [-0.05, 0) is 54.3 Å². The molecule has 2 saturated carbocycles. The first-order valence-electron chi connectivity index (χ1n) is 20.6. The zero-order valence-electron chi connectivity index (χ0n) is 35.0. The second-order valence-corrected chi connectivity index (χ2v) is 17.5. The molecule has 1 unspecified atom stereocenters. The summed E-state index contributed by atoms with van der Waals surface area (Å²) in [7, 11) is 0. The molecule has 1 heterocycles. The topological polar surface area (TPSA) is 232 Å². The minimum atomic E-state index is -2.29. The molecule has 0 radical (unpaired) electrons. The summed E-state index contributed by atoms with van der Waals surface area (Å²) in [6.07, 6.45) is -9.92. The maximum Gasteiger partial charge on any atom is 0.338 e. The fraction of sp³-hybridized carbons (Fsp3) is 0.447. The molecule has 328 valence electrons. The van der Waals surface area contributed by atoms with Crippen molar-refractivity contribution in [2.24, 2.45) is 22.7 Å². The second kappa shape index (κ2) is 16.9. The van der Waals surface area contributed by atoms with Crippen LogP contribution in [0.3, 0.4) is 0 Å². The van der Waals surface area contributed by atoms with Gasteiger partial charge in [0.15, 0.2) is 18.0 Å². The van der Waals surface area contributed by atoms with E-state index < -0.39 is 119 Å². The number of ether oxygens (including phenoxy) is 4. The molecule has 0 aromatic heterocycles. The summed E-state index contributed by atoms with van der Waals surface area (Å²) >= 11 is 0. The molecule has 3 fully saturated rings. The number of hydrogen-bond acceptors (Lipinski definition) is 13. The normalized spacial score (nSPS) is 30.7. The van der Waals surface area contributed by atoms with Crippen molar-refractivity contribution in [1.82, 2.24) is 5.32 Å². The Bertz CT molecular complexity index is 2290. The van der Waals surface area contributed by atoms with E-state index in [2.05, 4.69) is 5.32 Å². The molecule has 2 bridgehead atoms. The van der Waals surface area contributed by atoms with Gasteiger partial charge in [0.05, 0.1) is 42.3 Å². The smallest absolute Gasteiger partial charge is 0.338 e. The quantitative estimate of drug-likeness (QED) is 0.105. The molecule has 7 rings (SSSR count). The van der Waals surface area contributed by atoms with Gasteiger partial charge in [0.2, 0.25) is 0 Å². The van der Waals surface area contributed by atoms with Gasteiger partial charge in [0.1, 0.15) is 17.8 Å². The zero-order valence-corrected chi connectivity index (χ0v) is 35.0. The molecular weight excluding hydrogens is 803 g/mol. The highest BCUT2D eigenvalue weighted by molar-refractivity contribution is 5.96. The summed E-state index contributed by atoms with van der Waals surface area (Å²) in [5.41, 5.74) is -4.87. The van der Waals surface area contributed by atoms with Crippen LogP contribution < -0.4 is 5.32 Å². The van der Waals surface area contributed by atoms with E-state index in [1.54, 1.807) is 80.6 Å². The number of benzene rings is 3. The van der Waals surface area contributed by atoms with Crippen LogP contribution in [-0.4, -0.2) is 105 Å². The maximum absolute atomic E-state index is 15.3. The lowest BCUT2D eigenvalue weighted by molar-refractivity contribution is -0.277. The van der Waals surface area contributed by atoms with Crippen molar-refractivity contribution in [3.8, 4) is 0 Å². The standard InChI is InChI=1S/C47H51NO14/c1-24-32(61-44(57)38(53)37(26-14-8-6-9-15-26)48-42(55)27-16-10-7-11-17-27)22-47(58)41(62-43(56)29-19-13-12-18-28(29)20-34(51)52)36-30-23-59-31(30)21-33(50)46(36,5)40(54)39(60-25(2)49)35(24)45(47,3)4/h6-19,30-33,36-39,41,50,53,58H,20-23H2,1-5H3,(H,48,55)(H,51,52)/t30-,31-,32?,33+,36+,37+,38-,39-,41+,46-,47-/m1/s1. The average molecular weight is 854 g/mol. The van der Waals surface area contributed by atoms with Crippen molar-refractivity contribution in [3.63, 3.8) is 0 Å². The van der Waals surface area contributed by atoms with Crippen LogP contribution in [-0.2, 0) is 44.5 Å². The van der Waals surface area contributed by atoms with Gasteiger partial charge < -0.3 is 44.7 Å². The predicted octanol–water partition coefficient (Wildman–Crippen LogP) is 3.68. The monoisotopic (exact) mass is 853 g/mol. The fourth-order valence-corrected chi connectivity index (χ4v) is 10.2. The van der Waals surface area contributed by atoms with Crippen molar-refractivity contribution < 1.29 is 68.1 Å². The summed E-state index contributed by atoms with van der Waals surface area (Å²) in [6, 6.07) is 21.0. The molecule has 62 heavy (non-hydrogen) atoms. The van der Waals surface area contributed by atoms with Gasteiger partial charge in [-0.25, -0.2) is 9.59 Å². The van der Waals surface area contributed by atoms with Crippen molar-refractivity contribution in [3.05, 3.63) is 118 Å². The Hall–Kier alpha value is -5.74. The van der Waals surface area contributed by atoms with Gasteiger partial charge >= 0.3 is 23.9 Å². The zero-order chi connectivity index (χ0) is 44.9. The van der Waals surface area contributed by atoms with Crippen molar-refractivity contribution in [1.29, 1.82) is 0 Å². The molecule has 3 aromatic carbocycles. The van der Waals surface area contributed by atoms with Crippen molar-refractivity contribution in [2.45, 2.75) is 102 Å². The first-order chi connectivity index (χ1) is 29.3. The van der Waals surface area contributed by atoms with Crippen LogP contribution in [0.4, 0.5) is 0 Å². The van der Waals surface area contributed by atoms with E-state index in [4.69, 9.17) is 18.9 Å². The Labute approximate surface area is 358 Å². The number of aliphatic hydroxyl groups excluding tert-OH is 2. The number of aliphatic carboxylic acids is 1. The van der Waals surface area contributed by atoms with E-state index in [9.17, 15) is 44.4 Å². The van der Waals surface area contributed by atoms with Gasteiger partial charge in [-0.15, -0.1) is 0 Å². The van der Waals surface area contributed by atoms with Gasteiger partial charge in [-0.2, -0.15) is 0 Å². The molecule has 3 aromatic rings. The number of Topliss-reactive ketones (excluding diaryl/α,β-unsaturated/α-hetero) is 1. The maximum atomic E-state index is 15.3. The summed E-state index contributed by atoms with van der Waals surface area (Å²) in [5.74, 6) is -7.40. The number of carboxylic acids is 1. The number of carbonyl (C=O) groups is 6. The number of carbonyl (C=O) groups excluding carboxylic acids is 5. The SMILES string of the molecule is CC(=O)O[C@H]1C(=O)[C@@]2(C)[C@@H]([C@@H]3CO[C@@H]3C[C@@H]2O)[C@H](OC(=O)c2ccccc2CC(=O)O)[C@]2(O)CC(OC(=O)[C@H](O)[C@@H](NC(=O)c3ccccc3)c3ccccc3)C(C)=C1C2(C)C. The summed E-state index contributed by atoms with van der Waals surface area (Å²) in [4.78, 5) is 82.2. The van der Waals surface area contributed by atoms with E-state index in [-0.39, 0.29) is 40.9 Å². The summed E-state index contributed by atoms with van der Waals surface area (Å²) < 4.78 is 24.2. The molecular formula is C47H51NO14. The summed E-state index contributed by atoms with van der Waals surface area (Å²) in [5, 5.41) is 49.7. The van der Waals surface area contributed by atoms with Crippen molar-refractivity contribution in [2.75, 3.05) is 6.61 Å². The highest BCUT2D eigenvalue weighted by atomic mass is 16.6. The molecule has 1 saturated heterocycles. The Morgan fingerprint density at radius 1 is 0.903 bits per heavy atom. The summed E-state index contributed by atoms with van der Waals surface area (Å²) in [6.45, 7) is 7.37. The molecule has 4 aliphatic rings. The minimum absolute atomic E-state index is 0.0136. The third kappa shape index (κ3) is 7.61. The van der Waals surface area contributed by atoms with E-state index in [1.807, 2.05) is 0 Å². The number of aliphatic hydroxyl groups is 3. The van der Waals surface area contributed by atoms with Crippen molar-refractivity contribution >= 4 is 35.6 Å². The number of nitrogens with one attached hydrogen (secondary N) is 1. The van der Waals surface area contributed by atoms with E-state index in [0.717, 1.165) is 6.92 Å². The first-order valence-corrected chi connectivity index (χ1v) is 20.6. The van der Waals surface area contributed by atoms with Gasteiger partial charge in [0.25, 0.3) is 5.91 Å². The molecule has 5 N–H and O–H groups in total.